The Labute approximate surface area is 173 Å². The van der Waals surface area contributed by atoms with Crippen LogP contribution in [0, 0.1) is 11.7 Å². The smallest absolute Gasteiger partial charge is 0.223 e. The summed E-state index contributed by atoms with van der Waals surface area (Å²) in [6.07, 6.45) is 7.00. The molecular weight excluding hydrogens is 363 g/mol. The summed E-state index contributed by atoms with van der Waals surface area (Å²) in [7, 11) is 0. The molecule has 1 heterocycles. The first-order valence-electron chi connectivity index (χ1n) is 11.0. The molecule has 0 unspecified atom stereocenters. The minimum atomic E-state index is -0.310. The Morgan fingerprint density at radius 1 is 1.00 bits per heavy atom. The number of carbonyl (C=O) groups excluding carboxylic acids is 1. The summed E-state index contributed by atoms with van der Waals surface area (Å²) in [5.41, 5.74) is 2.11. The van der Waals surface area contributed by atoms with Crippen molar-refractivity contribution < 1.29 is 9.18 Å². The van der Waals surface area contributed by atoms with Crippen LogP contribution in [0.1, 0.15) is 49.7 Å². The zero-order chi connectivity index (χ0) is 20.1. The number of nitrogens with zero attached hydrogens (tertiary/aromatic N) is 1. The molecule has 0 bridgehead atoms. The first kappa shape index (κ1) is 20.1. The highest BCUT2D eigenvalue weighted by molar-refractivity contribution is 5.80. The largest absolute Gasteiger partial charge is 0.346 e. The number of amides is 1. The summed E-state index contributed by atoms with van der Waals surface area (Å²) in [6, 6.07) is 17.3. The maximum absolute atomic E-state index is 13.4. The molecular formula is C25H31FN2O. The van der Waals surface area contributed by atoms with Crippen LogP contribution >= 0.6 is 0 Å². The summed E-state index contributed by atoms with van der Waals surface area (Å²) in [4.78, 5) is 15.6. The molecule has 0 spiro atoms. The molecule has 2 fully saturated rings. The van der Waals surface area contributed by atoms with Crippen LogP contribution in [0.25, 0.3) is 0 Å². The molecule has 0 atom stereocenters. The zero-order valence-corrected chi connectivity index (χ0v) is 17.1. The molecule has 154 valence electrons. The van der Waals surface area contributed by atoms with Crippen LogP contribution in [0.3, 0.4) is 0 Å². The third-order valence-electron chi connectivity index (χ3n) is 6.73. The predicted molar refractivity (Wildman–Crippen MR) is 114 cm³/mol. The van der Waals surface area contributed by atoms with E-state index in [1.54, 1.807) is 0 Å². The van der Waals surface area contributed by atoms with E-state index in [0.29, 0.717) is 0 Å². The second kappa shape index (κ2) is 9.08. The van der Waals surface area contributed by atoms with Gasteiger partial charge < -0.3 is 10.2 Å². The Morgan fingerprint density at radius 3 is 2.31 bits per heavy atom. The number of benzene rings is 2. The number of rotatable bonds is 6. The van der Waals surface area contributed by atoms with Gasteiger partial charge >= 0.3 is 0 Å². The molecule has 1 aliphatic carbocycles. The molecule has 1 amide bonds. The van der Waals surface area contributed by atoms with Crippen molar-refractivity contribution in [1.29, 1.82) is 0 Å². The minimum Gasteiger partial charge on any atom is -0.346 e. The topological polar surface area (TPSA) is 32.3 Å². The number of halogens is 1. The van der Waals surface area contributed by atoms with E-state index in [2.05, 4.69) is 40.5 Å². The average Bonchev–Trinajstić information content (AvgIpc) is 3.23. The van der Waals surface area contributed by atoms with Crippen LogP contribution in [0.15, 0.2) is 54.6 Å². The average molecular weight is 395 g/mol. The van der Waals surface area contributed by atoms with Crippen molar-refractivity contribution in [2.45, 2.75) is 50.5 Å². The van der Waals surface area contributed by atoms with Crippen molar-refractivity contribution in [3.63, 3.8) is 0 Å². The van der Waals surface area contributed by atoms with Gasteiger partial charge in [0.1, 0.15) is 5.82 Å². The van der Waals surface area contributed by atoms with Gasteiger partial charge in [0.25, 0.3) is 0 Å². The third-order valence-corrected chi connectivity index (χ3v) is 6.73. The lowest BCUT2D eigenvalue weighted by molar-refractivity contribution is -0.128. The number of piperidine rings is 1. The van der Waals surface area contributed by atoms with Gasteiger partial charge in [0.15, 0.2) is 0 Å². The second-order valence-corrected chi connectivity index (χ2v) is 8.64. The number of carbonyl (C=O) groups is 1. The van der Waals surface area contributed by atoms with Crippen LogP contribution < -0.4 is 5.32 Å². The molecule has 2 aromatic carbocycles. The van der Waals surface area contributed by atoms with Crippen LogP contribution in [-0.4, -0.2) is 30.4 Å². The van der Waals surface area contributed by atoms with E-state index in [1.807, 2.05) is 12.1 Å². The van der Waals surface area contributed by atoms with E-state index in [0.717, 1.165) is 70.1 Å². The van der Waals surface area contributed by atoms with Crippen LogP contribution in [0.4, 0.5) is 4.39 Å². The van der Waals surface area contributed by atoms with Gasteiger partial charge in [-0.15, -0.1) is 0 Å². The van der Waals surface area contributed by atoms with E-state index in [1.165, 1.54) is 17.7 Å². The lowest BCUT2D eigenvalue weighted by Crippen LogP contribution is -2.48. The number of hydrogen-bond donors (Lipinski definition) is 1. The van der Waals surface area contributed by atoms with E-state index in [4.69, 9.17) is 0 Å². The van der Waals surface area contributed by atoms with Crippen molar-refractivity contribution in [1.82, 2.24) is 10.2 Å². The highest BCUT2D eigenvalue weighted by Gasteiger charge is 2.38. The SMILES string of the molecule is O=C(NC1(c2ccc(F)cc2)CCCC1)C1CCN(CCc2ccccc2)CC1. The molecule has 1 saturated carbocycles. The van der Waals surface area contributed by atoms with Gasteiger partial charge in [-0.3, -0.25) is 4.79 Å². The summed E-state index contributed by atoms with van der Waals surface area (Å²) in [6.45, 7) is 3.01. The van der Waals surface area contributed by atoms with E-state index < -0.39 is 0 Å². The highest BCUT2D eigenvalue weighted by atomic mass is 19.1. The van der Waals surface area contributed by atoms with Crippen molar-refractivity contribution in [2.24, 2.45) is 5.92 Å². The molecule has 4 rings (SSSR count). The van der Waals surface area contributed by atoms with Gasteiger partial charge in [-0.25, -0.2) is 4.39 Å². The molecule has 0 radical (unpaired) electrons. The molecule has 1 aliphatic heterocycles. The lowest BCUT2D eigenvalue weighted by atomic mass is 9.86. The van der Waals surface area contributed by atoms with Crippen molar-refractivity contribution in [3.05, 3.63) is 71.5 Å². The van der Waals surface area contributed by atoms with Gasteiger partial charge in [0, 0.05) is 12.5 Å². The van der Waals surface area contributed by atoms with Gasteiger partial charge in [0.05, 0.1) is 5.54 Å². The Morgan fingerprint density at radius 2 is 1.66 bits per heavy atom. The van der Waals surface area contributed by atoms with Crippen LogP contribution in [-0.2, 0) is 16.8 Å². The highest BCUT2D eigenvalue weighted by Crippen LogP contribution is 2.39. The van der Waals surface area contributed by atoms with Crippen molar-refractivity contribution >= 4 is 5.91 Å². The van der Waals surface area contributed by atoms with Crippen molar-refractivity contribution in [2.75, 3.05) is 19.6 Å². The predicted octanol–water partition coefficient (Wildman–Crippen LogP) is 4.67. The fourth-order valence-electron chi connectivity index (χ4n) is 4.92. The molecule has 29 heavy (non-hydrogen) atoms. The van der Waals surface area contributed by atoms with Gasteiger partial charge in [-0.1, -0.05) is 55.3 Å². The maximum atomic E-state index is 13.4. The fourth-order valence-corrected chi connectivity index (χ4v) is 4.92. The van der Waals surface area contributed by atoms with Crippen LogP contribution in [0.2, 0.25) is 0 Å². The summed E-state index contributed by atoms with van der Waals surface area (Å²) in [5, 5.41) is 3.39. The number of nitrogens with one attached hydrogen (secondary N) is 1. The maximum Gasteiger partial charge on any atom is 0.223 e. The molecule has 2 aliphatic rings. The first-order valence-corrected chi connectivity index (χ1v) is 11.0. The van der Waals surface area contributed by atoms with Crippen LogP contribution in [0.5, 0.6) is 0 Å². The molecule has 4 heteroatoms. The second-order valence-electron chi connectivity index (χ2n) is 8.64. The van der Waals surface area contributed by atoms with E-state index in [9.17, 15) is 9.18 Å². The lowest BCUT2D eigenvalue weighted by Gasteiger charge is -2.36. The molecule has 0 aromatic heterocycles. The fraction of sp³-hybridized carbons (Fsp3) is 0.480. The summed E-state index contributed by atoms with van der Waals surface area (Å²) < 4.78 is 13.4. The Bertz CT molecular complexity index is 791. The number of likely N-dealkylation sites (tertiary alicyclic amines) is 1. The molecule has 1 saturated heterocycles. The third kappa shape index (κ3) is 4.87. The van der Waals surface area contributed by atoms with Gasteiger partial charge in [-0.05, 0) is 68.5 Å². The zero-order valence-electron chi connectivity index (χ0n) is 17.1. The Hall–Kier alpha value is -2.20. The summed E-state index contributed by atoms with van der Waals surface area (Å²) >= 11 is 0. The molecule has 3 nitrogen and oxygen atoms in total. The summed E-state index contributed by atoms with van der Waals surface area (Å²) in [5.74, 6) is 0.0379. The quantitative estimate of drug-likeness (QED) is 0.772. The monoisotopic (exact) mass is 394 g/mol. The van der Waals surface area contributed by atoms with Gasteiger partial charge in [-0.2, -0.15) is 0 Å². The van der Waals surface area contributed by atoms with E-state index >= 15 is 0 Å². The standard InChI is InChI=1S/C25H31FN2O/c26-23-10-8-22(9-11-23)25(15-4-5-16-25)27-24(29)21-13-18-28(19-14-21)17-12-20-6-2-1-3-7-20/h1-3,6-11,21H,4-5,12-19H2,(H,27,29). The van der Waals surface area contributed by atoms with Gasteiger partial charge in [0.2, 0.25) is 5.91 Å². The Kier molecular flexibility index (Phi) is 6.29. The minimum absolute atomic E-state index is 0.0842. The molecule has 1 N–H and O–H groups in total. The first-order chi connectivity index (χ1) is 14.1. The molecule has 2 aromatic rings. The Balaban J connectivity index is 1.31. The normalized spacial score (nSPS) is 19.9. The number of hydrogen-bond acceptors (Lipinski definition) is 2. The van der Waals surface area contributed by atoms with Crippen molar-refractivity contribution in [3.8, 4) is 0 Å². The van der Waals surface area contributed by atoms with E-state index in [-0.39, 0.29) is 23.2 Å².